The van der Waals surface area contributed by atoms with Crippen molar-refractivity contribution in [3.8, 4) is 16.8 Å². The number of aromatic nitrogens is 1. The van der Waals surface area contributed by atoms with E-state index in [9.17, 15) is 5.11 Å². The van der Waals surface area contributed by atoms with Crippen molar-refractivity contribution in [1.82, 2.24) is 4.57 Å². The van der Waals surface area contributed by atoms with Crippen molar-refractivity contribution in [3.63, 3.8) is 0 Å². The van der Waals surface area contributed by atoms with Gasteiger partial charge < -0.3 is 9.67 Å². The Labute approximate surface area is 335 Å². The van der Waals surface area contributed by atoms with Crippen LogP contribution in [0.15, 0.2) is 140 Å². The number of hydrogen-bond donors (Lipinski definition) is 1. The molecule has 56 heavy (non-hydrogen) atoms. The van der Waals surface area contributed by atoms with E-state index in [1.807, 2.05) is 30.3 Å². The monoisotopic (exact) mass is 737 g/mol. The summed E-state index contributed by atoms with van der Waals surface area (Å²) in [6.45, 7) is 14.4. The Bertz CT molecular complexity index is 2420. The molecule has 8 rings (SSSR count). The third-order valence-corrected chi connectivity index (χ3v) is 13.6. The summed E-state index contributed by atoms with van der Waals surface area (Å²) < 4.78 is 2.47. The number of nitrogens with zero attached hydrogens (tertiary/aromatic N) is 1. The predicted octanol–water partition coefficient (Wildman–Crippen LogP) is 14.5. The largest absolute Gasteiger partial charge is 0.384 e. The lowest BCUT2D eigenvalue weighted by atomic mass is 9.53. The maximum absolute atomic E-state index is 11.3. The van der Waals surface area contributed by atoms with Crippen LogP contribution in [-0.2, 0) is 11.8 Å². The SMILES string of the molecule is CCCC(C)(CCC)Cc1ccc2c3cc(C4(C(C)(CC)CCC)c5ccccc5-c5ccccc54)ccc3n(-c3ccc(C(O)c4ccccc4)cc3)c2c1. The third kappa shape index (κ3) is 6.13. The summed E-state index contributed by atoms with van der Waals surface area (Å²) in [4.78, 5) is 0. The minimum atomic E-state index is -0.670. The van der Waals surface area contributed by atoms with Gasteiger partial charge in [-0.3, -0.25) is 0 Å². The zero-order valence-electron chi connectivity index (χ0n) is 34.4. The summed E-state index contributed by atoms with van der Waals surface area (Å²) in [5.74, 6) is 0. The first-order chi connectivity index (χ1) is 27.2. The summed E-state index contributed by atoms with van der Waals surface area (Å²) in [6.07, 6.45) is 8.60. The van der Waals surface area contributed by atoms with Gasteiger partial charge in [0.25, 0.3) is 0 Å². The van der Waals surface area contributed by atoms with Gasteiger partial charge in [-0.15, -0.1) is 0 Å². The first-order valence-electron chi connectivity index (χ1n) is 21.3. The predicted molar refractivity (Wildman–Crippen MR) is 238 cm³/mol. The van der Waals surface area contributed by atoms with Gasteiger partial charge in [-0.1, -0.05) is 170 Å². The van der Waals surface area contributed by atoms with E-state index in [0.717, 1.165) is 42.5 Å². The average molecular weight is 738 g/mol. The van der Waals surface area contributed by atoms with Crippen LogP contribution in [0.4, 0.5) is 0 Å². The van der Waals surface area contributed by atoms with E-state index in [1.165, 1.54) is 80.9 Å². The number of aliphatic hydroxyl groups excluding tert-OH is 1. The summed E-state index contributed by atoms with van der Waals surface area (Å²) in [5.41, 5.74) is 13.7. The van der Waals surface area contributed by atoms with Crippen LogP contribution in [0, 0.1) is 10.8 Å². The Morgan fingerprint density at radius 2 is 1.16 bits per heavy atom. The van der Waals surface area contributed by atoms with E-state index in [1.54, 1.807) is 0 Å². The Morgan fingerprint density at radius 3 is 1.77 bits per heavy atom. The number of rotatable bonds is 14. The standard InChI is InChI=1S/C54H59NO/c1-7-32-52(5,33-8-2)37-38-24-30-45-46-36-41(54(53(6,10-4)34-9-3)47-22-16-14-20-43(47)44-21-15-17-23-48(44)54)27-31-49(46)55(50(45)35-38)42-28-25-40(26-29-42)51(56)39-18-12-11-13-19-39/h11-31,35-36,51,56H,7-10,32-34,37H2,1-6H3. The number of benzene rings is 6. The van der Waals surface area contributed by atoms with E-state index >= 15 is 0 Å². The molecule has 1 heterocycles. The van der Waals surface area contributed by atoms with E-state index in [2.05, 4.69) is 155 Å². The van der Waals surface area contributed by atoms with Gasteiger partial charge in [-0.05, 0) is 118 Å². The molecule has 2 heteroatoms. The molecule has 2 atom stereocenters. The van der Waals surface area contributed by atoms with Crippen LogP contribution < -0.4 is 0 Å². The highest BCUT2D eigenvalue weighted by molar-refractivity contribution is 6.10. The van der Waals surface area contributed by atoms with Gasteiger partial charge in [0.2, 0.25) is 0 Å². The molecule has 1 aliphatic rings. The van der Waals surface area contributed by atoms with Crippen molar-refractivity contribution < 1.29 is 5.11 Å². The molecule has 0 bridgehead atoms. The number of fused-ring (bicyclic) bond motifs is 6. The molecule has 6 aromatic carbocycles. The molecule has 7 aromatic rings. The van der Waals surface area contributed by atoms with E-state index < -0.39 is 6.10 Å². The highest BCUT2D eigenvalue weighted by Crippen LogP contribution is 2.63. The topological polar surface area (TPSA) is 25.2 Å². The van der Waals surface area contributed by atoms with Gasteiger partial charge in [-0.25, -0.2) is 0 Å². The van der Waals surface area contributed by atoms with Crippen molar-refractivity contribution in [1.29, 1.82) is 0 Å². The molecule has 0 amide bonds. The van der Waals surface area contributed by atoms with Gasteiger partial charge in [0.15, 0.2) is 0 Å². The molecule has 0 saturated heterocycles. The molecular weight excluding hydrogens is 679 g/mol. The van der Waals surface area contributed by atoms with Crippen LogP contribution in [0.3, 0.4) is 0 Å². The summed E-state index contributed by atoms with van der Waals surface area (Å²) in [6, 6.07) is 51.7. The van der Waals surface area contributed by atoms with Gasteiger partial charge in [0.05, 0.1) is 16.4 Å². The van der Waals surface area contributed by atoms with Crippen molar-refractivity contribution in [2.75, 3.05) is 0 Å². The first kappa shape index (κ1) is 38.0. The minimum Gasteiger partial charge on any atom is -0.384 e. The van der Waals surface area contributed by atoms with Crippen molar-refractivity contribution in [3.05, 3.63) is 173 Å². The summed E-state index contributed by atoms with van der Waals surface area (Å²) in [5, 5.41) is 13.9. The van der Waals surface area contributed by atoms with Crippen molar-refractivity contribution in [2.45, 2.75) is 104 Å². The highest BCUT2D eigenvalue weighted by atomic mass is 16.3. The Kier molecular flexibility index (Phi) is 10.3. The molecule has 1 N–H and O–H groups in total. The molecule has 286 valence electrons. The molecule has 0 aliphatic heterocycles. The van der Waals surface area contributed by atoms with Crippen LogP contribution >= 0.6 is 0 Å². The van der Waals surface area contributed by atoms with Gasteiger partial charge in [-0.2, -0.15) is 0 Å². The Morgan fingerprint density at radius 1 is 0.571 bits per heavy atom. The maximum Gasteiger partial charge on any atom is 0.104 e. The molecule has 0 saturated carbocycles. The lowest BCUT2D eigenvalue weighted by molar-refractivity contribution is 0.184. The smallest absolute Gasteiger partial charge is 0.104 e. The first-order valence-corrected chi connectivity index (χ1v) is 21.3. The lowest BCUT2D eigenvalue weighted by Gasteiger charge is -2.49. The second-order valence-corrected chi connectivity index (χ2v) is 17.3. The molecule has 1 aliphatic carbocycles. The van der Waals surface area contributed by atoms with Gasteiger partial charge >= 0.3 is 0 Å². The molecule has 0 radical (unpaired) electrons. The lowest BCUT2D eigenvalue weighted by Crippen LogP contribution is -2.44. The fourth-order valence-corrected chi connectivity index (χ4v) is 11.0. The third-order valence-electron chi connectivity index (χ3n) is 13.6. The van der Waals surface area contributed by atoms with E-state index in [0.29, 0.717) is 0 Å². The highest BCUT2D eigenvalue weighted by Gasteiger charge is 2.55. The molecule has 2 nitrogen and oxygen atoms in total. The fourth-order valence-electron chi connectivity index (χ4n) is 11.0. The number of hydrogen-bond acceptors (Lipinski definition) is 1. The quantitative estimate of drug-likeness (QED) is 0.118. The molecule has 0 spiro atoms. The van der Waals surface area contributed by atoms with Gasteiger partial charge in [0.1, 0.15) is 6.10 Å². The molecule has 2 unspecified atom stereocenters. The zero-order chi connectivity index (χ0) is 39.1. The zero-order valence-corrected chi connectivity index (χ0v) is 34.4. The van der Waals surface area contributed by atoms with Crippen LogP contribution in [0.5, 0.6) is 0 Å². The average Bonchev–Trinajstić information content (AvgIpc) is 3.71. The molecule has 0 fully saturated rings. The van der Waals surface area contributed by atoms with E-state index in [4.69, 9.17) is 0 Å². The summed E-state index contributed by atoms with van der Waals surface area (Å²) >= 11 is 0. The van der Waals surface area contributed by atoms with Crippen LogP contribution in [0.1, 0.15) is 126 Å². The Hall–Kier alpha value is -4.92. The normalized spacial score (nSPS) is 15.1. The van der Waals surface area contributed by atoms with Crippen molar-refractivity contribution >= 4 is 21.8 Å². The van der Waals surface area contributed by atoms with Crippen LogP contribution in [-0.4, -0.2) is 9.67 Å². The van der Waals surface area contributed by atoms with E-state index in [-0.39, 0.29) is 16.2 Å². The van der Waals surface area contributed by atoms with Crippen LogP contribution in [0.25, 0.3) is 38.6 Å². The Balaban J connectivity index is 1.37. The molecule has 1 aromatic heterocycles. The minimum absolute atomic E-state index is 0.0118. The number of aliphatic hydroxyl groups is 1. The van der Waals surface area contributed by atoms with Crippen molar-refractivity contribution in [2.24, 2.45) is 10.8 Å². The second kappa shape index (κ2) is 15.2. The maximum atomic E-state index is 11.3. The fraction of sp³-hybridized carbons (Fsp3) is 0.333. The van der Waals surface area contributed by atoms with Gasteiger partial charge in [0, 0.05) is 16.5 Å². The second-order valence-electron chi connectivity index (χ2n) is 17.3. The molecular formula is C54H59NO. The summed E-state index contributed by atoms with van der Waals surface area (Å²) in [7, 11) is 0. The van der Waals surface area contributed by atoms with Crippen LogP contribution in [0.2, 0.25) is 0 Å².